The second-order valence-corrected chi connectivity index (χ2v) is 14.4. The van der Waals surface area contributed by atoms with Crippen molar-refractivity contribution in [1.82, 2.24) is 39.9 Å². The lowest BCUT2D eigenvalue weighted by atomic mass is 9.69. The minimum atomic E-state index is -5.08. The predicted octanol–water partition coefficient (Wildman–Crippen LogP) is 4.40. The maximum Gasteiger partial charge on any atom is 0.490 e. The maximum atomic E-state index is 15.4. The number of methoxy groups -OCH3 is 1. The van der Waals surface area contributed by atoms with Gasteiger partial charge in [-0.15, -0.1) is 5.10 Å². The van der Waals surface area contributed by atoms with Crippen LogP contribution in [0.15, 0.2) is 42.9 Å². The van der Waals surface area contributed by atoms with Gasteiger partial charge >= 0.3 is 12.1 Å². The zero-order chi connectivity index (χ0) is 39.1. The molecule has 6 heterocycles. The second kappa shape index (κ2) is 15.0. The number of likely N-dealkylation sites (tertiary alicyclic amines) is 1. The van der Waals surface area contributed by atoms with E-state index in [1.807, 2.05) is 41.0 Å². The van der Waals surface area contributed by atoms with Crippen LogP contribution < -0.4 is 20.9 Å². The van der Waals surface area contributed by atoms with Gasteiger partial charge in [0.05, 0.1) is 42.5 Å². The number of hydrogen-bond donors (Lipinski definition) is 4. The molecule has 19 heteroatoms. The Balaban J connectivity index is 0.000000609. The molecule has 2 atom stereocenters. The second-order valence-electron chi connectivity index (χ2n) is 14.4. The van der Waals surface area contributed by atoms with Crippen molar-refractivity contribution in [3.05, 3.63) is 59.7 Å². The first-order valence-corrected chi connectivity index (χ1v) is 18.2. The number of halogens is 5. The number of nitrogens with zero attached hydrogens (tertiary/aromatic N) is 7. The first-order valence-electron chi connectivity index (χ1n) is 18.2. The Morgan fingerprint density at radius 3 is 2.49 bits per heavy atom. The van der Waals surface area contributed by atoms with E-state index in [1.165, 1.54) is 0 Å². The van der Waals surface area contributed by atoms with E-state index in [4.69, 9.17) is 19.7 Å². The Hall–Kier alpha value is -4.88. The third-order valence-electron chi connectivity index (χ3n) is 11.3. The van der Waals surface area contributed by atoms with E-state index in [2.05, 4.69) is 37.0 Å². The average molecular weight is 775 g/mol. The van der Waals surface area contributed by atoms with Crippen molar-refractivity contribution in [1.29, 1.82) is 0 Å². The topological polar surface area (TPSA) is 154 Å². The van der Waals surface area contributed by atoms with Crippen molar-refractivity contribution < 1.29 is 41.4 Å². The molecule has 1 spiro atoms. The first kappa shape index (κ1) is 38.4. The molecule has 1 aromatic carbocycles. The lowest BCUT2D eigenvalue weighted by Crippen LogP contribution is -2.58. The molecule has 14 nitrogen and oxygen atoms in total. The van der Waals surface area contributed by atoms with Crippen molar-refractivity contribution in [3.63, 3.8) is 0 Å². The number of carbonyl (C=O) groups excluding carboxylic acids is 1. The number of ether oxygens (including phenoxy) is 1. The molecule has 3 aliphatic heterocycles. The fourth-order valence-corrected chi connectivity index (χ4v) is 8.02. The van der Waals surface area contributed by atoms with E-state index in [-0.39, 0.29) is 24.6 Å². The van der Waals surface area contributed by atoms with Crippen LogP contribution in [0.2, 0.25) is 0 Å². The third kappa shape index (κ3) is 7.43. The normalized spacial score (nSPS) is 21.8. The molecular weight excluding hydrogens is 731 g/mol. The summed E-state index contributed by atoms with van der Waals surface area (Å²) in [6.07, 6.45) is 4.41. The number of hydrogen-bond acceptors (Lipinski definition) is 10. The molecule has 1 aliphatic carbocycles. The number of piperidine rings is 2. The van der Waals surface area contributed by atoms with Crippen molar-refractivity contribution in [3.8, 4) is 5.69 Å². The zero-order valence-corrected chi connectivity index (χ0v) is 30.4. The van der Waals surface area contributed by atoms with E-state index >= 15 is 8.78 Å². The summed E-state index contributed by atoms with van der Waals surface area (Å²) in [5.74, 6) is -5.01. The maximum absolute atomic E-state index is 15.4. The first-order chi connectivity index (χ1) is 26.2. The molecule has 1 saturated carbocycles. The number of fused-ring (bicyclic) bond motifs is 2. The molecule has 2 saturated heterocycles. The Morgan fingerprint density at radius 1 is 1.09 bits per heavy atom. The molecule has 8 rings (SSSR count). The van der Waals surface area contributed by atoms with Crippen LogP contribution in [0.3, 0.4) is 0 Å². The van der Waals surface area contributed by atoms with E-state index in [0.717, 1.165) is 47.5 Å². The smallest absolute Gasteiger partial charge is 0.475 e. The Kier molecular flexibility index (Phi) is 10.5. The molecule has 0 bridgehead atoms. The van der Waals surface area contributed by atoms with E-state index in [9.17, 15) is 18.0 Å². The number of rotatable bonds is 8. The van der Waals surface area contributed by atoms with Gasteiger partial charge < -0.3 is 30.7 Å². The predicted molar refractivity (Wildman–Crippen MR) is 191 cm³/mol. The number of nitrogens with one attached hydrogen (secondary N) is 3. The average Bonchev–Trinajstić information content (AvgIpc) is 3.90. The standard InChI is InChI=1S/C34H42F2N10O2.C2HF3O2/c1-37-25-16-30(42-46-28(18-39-31(25)46)32(47)41-24-6-7-29(24)48-2)44-14-8-23-26(44)4-3-5-27(23)45-20-22(17-40-45)19-43-15-11-33(34(35,36)21-43)9-12-38-13-10-33;3-2(4,5)1(6)7/h3-5,16-18,20,24,29,37-38H,6-15,19,21H2,1-2H3,(H,41,47);(H,6,7)/t24-,29-;/m1./s1. The minimum Gasteiger partial charge on any atom is -0.475 e. The van der Waals surface area contributed by atoms with Gasteiger partial charge in [-0.2, -0.15) is 18.3 Å². The van der Waals surface area contributed by atoms with Crippen LogP contribution in [0.1, 0.15) is 53.7 Å². The number of carboxylic acids is 1. The Bertz CT molecular complexity index is 2040. The molecule has 0 radical (unpaired) electrons. The van der Waals surface area contributed by atoms with Crippen LogP contribution in [0.25, 0.3) is 11.3 Å². The largest absolute Gasteiger partial charge is 0.490 e. The molecule has 3 fully saturated rings. The highest BCUT2D eigenvalue weighted by molar-refractivity contribution is 5.94. The molecule has 0 unspecified atom stereocenters. The Labute approximate surface area is 313 Å². The van der Waals surface area contributed by atoms with Gasteiger partial charge in [0.1, 0.15) is 0 Å². The number of carbonyl (C=O) groups is 2. The van der Waals surface area contributed by atoms with Crippen molar-refractivity contribution >= 4 is 34.7 Å². The molecule has 3 aromatic heterocycles. The number of benzene rings is 1. The number of imidazole rings is 1. The molecule has 296 valence electrons. The van der Waals surface area contributed by atoms with E-state index in [0.29, 0.717) is 69.1 Å². The molecule has 1 amide bonds. The van der Waals surface area contributed by atoms with Crippen LogP contribution in [0.5, 0.6) is 0 Å². The summed E-state index contributed by atoms with van der Waals surface area (Å²) in [5, 5.41) is 26.2. The molecule has 4 aromatic rings. The zero-order valence-electron chi connectivity index (χ0n) is 30.4. The highest BCUT2D eigenvalue weighted by Gasteiger charge is 2.56. The van der Waals surface area contributed by atoms with Crippen molar-refractivity contribution in [2.75, 3.05) is 57.1 Å². The van der Waals surface area contributed by atoms with Gasteiger partial charge in [-0.25, -0.2) is 27.8 Å². The SMILES string of the molecule is CNc1cc(N2CCc3c2cccc3-n2cc(CN3CCC4(CCNCC4)C(F)(F)C3)cn2)nn2c(C(=O)N[C@@H]3CC[C@H]3OC)cnc12.O=C(O)C(F)(F)F. The number of amides is 1. The molecule has 55 heavy (non-hydrogen) atoms. The molecule has 4 aliphatic rings. The van der Waals surface area contributed by atoms with Gasteiger partial charge in [0.25, 0.3) is 11.8 Å². The number of carboxylic acid groups (broad SMARTS) is 1. The highest BCUT2D eigenvalue weighted by Crippen LogP contribution is 2.50. The van der Waals surface area contributed by atoms with Gasteiger partial charge in [0.15, 0.2) is 17.2 Å². The summed E-state index contributed by atoms with van der Waals surface area (Å²) in [7, 11) is 3.49. The van der Waals surface area contributed by atoms with Gasteiger partial charge in [-0.05, 0) is 70.3 Å². The Morgan fingerprint density at radius 2 is 1.84 bits per heavy atom. The lowest BCUT2D eigenvalue weighted by molar-refractivity contribution is -0.192. The van der Waals surface area contributed by atoms with Gasteiger partial charge in [-0.3, -0.25) is 9.69 Å². The fraction of sp³-hybridized carbons (Fsp3) is 0.528. The monoisotopic (exact) mass is 774 g/mol. The van der Waals surface area contributed by atoms with Crippen LogP contribution in [-0.2, 0) is 22.5 Å². The minimum absolute atomic E-state index is 0.0203. The summed E-state index contributed by atoms with van der Waals surface area (Å²) >= 11 is 0. The van der Waals surface area contributed by atoms with Gasteiger partial charge in [0, 0.05) is 61.7 Å². The number of aliphatic carboxylic acids is 1. The van der Waals surface area contributed by atoms with Crippen molar-refractivity contribution in [2.24, 2.45) is 5.41 Å². The van der Waals surface area contributed by atoms with Crippen LogP contribution in [0.4, 0.5) is 39.1 Å². The van der Waals surface area contributed by atoms with E-state index in [1.54, 1.807) is 24.0 Å². The number of alkyl halides is 5. The quantitative estimate of drug-likeness (QED) is 0.189. The molecule has 4 N–H and O–H groups in total. The van der Waals surface area contributed by atoms with Gasteiger partial charge in [-0.1, -0.05) is 6.07 Å². The summed E-state index contributed by atoms with van der Waals surface area (Å²) in [6.45, 7) is 2.91. The highest BCUT2D eigenvalue weighted by atomic mass is 19.4. The van der Waals surface area contributed by atoms with Crippen molar-refractivity contribution in [2.45, 2.75) is 69.3 Å². The number of anilines is 3. The lowest BCUT2D eigenvalue weighted by Gasteiger charge is -2.49. The van der Waals surface area contributed by atoms with Crippen LogP contribution in [0, 0.1) is 5.41 Å². The fourth-order valence-electron chi connectivity index (χ4n) is 8.02. The molecular formula is C36H43F5N10O4. The van der Waals surface area contributed by atoms with Gasteiger partial charge in [0.2, 0.25) is 0 Å². The van der Waals surface area contributed by atoms with Crippen LogP contribution >= 0.6 is 0 Å². The number of aromatic nitrogens is 5. The summed E-state index contributed by atoms with van der Waals surface area (Å²) in [5.41, 5.74) is 4.80. The summed E-state index contributed by atoms with van der Waals surface area (Å²) < 4.78 is 71.5. The third-order valence-corrected chi connectivity index (χ3v) is 11.3. The van der Waals surface area contributed by atoms with E-state index < -0.39 is 23.5 Å². The van der Waals surface area contributed by atoms with Crippen LogP contribution in [-0.4, -0.2) is 117 Å². The summed E-state index contributed by atoms with van der Waals surface area (Å²) in [6, 6.07) is 8.02. The summed E-state index contributed by atoms with van der Waals surface area (Å²) in [4.78, 5) is 30.7.